The monoisotopic (exact) mass is 213 g/mol. The Kier molecular flexibility index (Phi) is 2.52. The van der Waals surface area contributed by atoms with Gasteiger partial charge in [0.05, 0.1) is 23.0 Å². The Morgan fingerprint density at radius 2 is 1.86 bits per heavy atom. The Morgan fingerprint density at radius 3 is 2.21 bits per heavy atom. The normalized spacial score (nSPS) is 33.2. The molecule has 1 heterocycles. The Morgan fingerprint density at radius 1 is 1.21 bits per heavy atom. The number of nitrogens with zero attached hydrogens (tertiary/aromatic N) is 1. The first kappa shape index (κ1) is 9.97. The Bertz CT molecular complexity index is 349. The molecule has 2 unspecified atom stereocenters. The molecule has 0 bridgehead atoms. The van der Waals surface area contributed by atoms with Crippen LogP contribution in [0.15, 0.2) is 0 Å². The molecule has 1 aliphatic heterocycles. The number of nitriles is 1. The number of hydrogen-bond donors (Lipinski definition) is 0. The fraction of sp³-hybridized carbons (Fsp3) is 0.900. The van der Waals surface area contributed by atoms with E-state index in [2.05, 4.69) is 6.07 Å². The maximum absolute atomic E-state index is 11.4. The first-order chi connectivity index (χ1) is 6.65. The zero-order valence-corrected chi connectivity index (χ0v) is 8.96. The van der Waals surface area contributed by atoms with Gasteiger partial charge in [0.15, 0.2) is 9.84 Å². The van der Waals surface area contributed by atoms with Crippen LogP contribution in [0.2, 0.25) is 0 Å². The average molecular weight is 213 g/mol. The minimum Gasteiger partial charge on any atom is -0.229 e. The molecular weight excluding hydrogens is 198 g/mol. The minimum absolute atomic E-state index is 0.226. The predicted molar refractivity (Wildman–Crippen MR) is 53.3 cm³/mol. The van der Waals surface area contributed by atoms with Crippen molar-refractivity contribution in [2.75, 3.05) is 5.75 Å². The van der Waals surface area contributed by atoms with Crippen LogP contribution < -0.4 is 0 Å². The maximum Gasteiger partial charge on any atom is 0.154 e. The van der Waals surface area contributed by atoms with Gasteiger partial charge in [-0.05, 0) is 25.2 Å². The Hall–Kier alpha value is -0.560. The van der Waals surface area contributed by atoms with Crippen molar-refractivity contribution in [3.8, 4) is 6.07 Å². The molecule has 2 aliphatic rings. The lowest BCUT2D eigenvalue weighted by Crippen LogP contribution is -2.44. The Balaban J connectivity index is 2.10. The second-order valence-corrected chi connectivity index (χ2v) is 6.73. The first-order valence-corrected chi connectivity index (χ1v) is 6.98. The van der Waals surface area contributed by atoms with Crippen molar-refractivity contribution in [1.82, 2.24) is 0 Å². The van der Waals surface area contributed by atoms with Gasteiger partial charge in [-0.2, -0.15) is 5.26 Å². The van der Waals surface area contributed by atoms with Gasteiger partial charge in [-0.15, -0.1) is 0 Å². The van der Waals surface area contributed by atoms with Gasteiger partial charge in [-0.1, -0.05) is 12.8 Å². The molecule has 0 aromatic carbocycles. The summed E-state index contributed by atoms with van der Waals surface area (Å²) in [5.74, 6) is 0.416. The molecule has 3 nitrogen and oxygen atoms in total. The van der Waals surface area contributed by atoms with Crippen LogP contribution in [0.3, 0.4) is 0 Å². The summed E-state index contributed by atoms with van der Waals surface area (Å²) in [7, 11) is -2.89. The van der Waals surface area contributed by atoms with Gasteiger partial charge in [0.2, 0.25) is 0 Å². The Labute approximate surface area is 85.0 Å². The topological polar surface area (TPSA) is 57.9 Å². The van der Waals surface area contributed by atoms with Gasteiger partial charge in [0, 0.05) is 0 Å². The van der Waals surface area contributed by atoms with Crippen LogP contribution in [0.4, 0.5) is 0 Å². The average Bonchev–Trinajstić information content (AvgIpc) is 2.64. The summed E-state index contributed by atoms with van der Waals surface area (Å²) in [5.41, 5.74) is 0. The van der Waals surface area contributed by atoms with Crippen molar-refractivity contribution < 1.29 is 8.42 Å². The number of rotatable bonds is 2. The van der Waals surface area contributed by atoms with E-state index in [1.807, 2.05) is 0 Å². The summed E-state index contributed by atoms with van der Waals surface area (Å²) in [6.45, 7) is 0. The molecule has 4 heteroatoms. The lowest BCUT2D eigenvalue weighted by atomic mass is 9.88. The quantitative estimate of drug-likeness (QED) is 0.698. The van der Waals surface area contributed by atoms with Gasteiger partial charge in [0.1, 0.15) is 0 Å². The highest BCUT2D eigenvalue weighted by Gasteiger charge is 2.45. The summed E-state index contributed by atoms with van der Waals surface area (Å²) in [4.78, 5) is 0. The highest BCUT2D eigenvalue weighted by atomic mass is 32.2. The van der Waals surface area contributed by atoms with Crippen LogP contribution in [-0.4, -0.2) is 19.4 Å². The van der Waals surface area contributed by atoms with E-state index in [9.17, 15) is 8.42 Å². The van der Waals surface area contributed by atoms with Crippen molar-refractivity contribution >= 4 is 9.84 Å². The van der Waals surface area contributed by atoms with Gasteiger partial charge >= 0.3 is 0 Å². The van der Waals surface area contributed by atoms with E-state index in [1.165, 1.54) is 0 Å². The van der Waals surface area contributed by atoms with E-state index < -0.39 is 9.84 Å². The first-order valence-electron chi connectivity index (χ1n) is 5.26. The second-order valence-electron chi connectivity index (χ2n) is 4.39. The van der Waals surface area contributed by atoms with E-state index in [4.69, 9.17) is 5.26 Å². The third-order valence-corrected chi connectivity index (χ3v) is 5.86. The molecule has 0 amide bonds. The highest BCUT2D eigenvalue weighted by Crippen LogP contribution is 2.39. The summed E-state index contributed by atoms with van der Waals surface area (Å²) >= 11 is 0. The van der Waals surface area contributed by atoms with Gasteiger partial charge in [-0.3, -0.25) is 0 Å². The van der Waals surface area contributed by atoms with Crippen LogP contribution in [0.25, 0.3) is 0 Å². The summed E-state index contributed by atoms with van der Waals surface area (Å²) < 4.78 is 22.8. The van der Waals surface area contributed by atoms with Crippen LogP contribution in [0.1, 0.15) is 32.1 Å². The lowest BCUT2D eigenvalue weighted by Gasteiger charge is -2.32. The van der Waals surface area contributed by atoms with Crippen molar-refractivity contribution in [3.05, 3.63) is 0 Å². The second kappa shape index (κ2) is 3.54. The molecule has 0 aromatic rings. The molecule has 2 fully saturated rings. The number of sulfone groups is 1. The molecule has 1 saturated heterocycles. The van der Waals surface area contributed by atoms with E-state index in [0.717, 1.165) is 25.7 Å². The van der Waals surface area contributed by atoms with Crippen molar-refractivity contribution in [2.24, 2.45) is 11.8 Å². The van der Waals surface area contributed by atoms with Crippen LogP contribution in [0, 0.1) is 23.2 Å². The minimum atomic E-state index is -2.89. The van der Waals surface area contributed by atoms with E-state index in [1.54, 1.807) is 0 Å². The van der Waals surface area contributed by atoms with E-state index >= 15 is 0 Å². The summed E-state index contributed by atoms with van der Waals surface area (Å²) in [5, 5.41) is 8.70. The predicted octanol–water partition coefficient (Wildman–Crippen LogP) is 1.50. The van der Waals surface area contributed by atoms with Crippen LogP contribution in [-0.2, 0) is 9.84 Å². The molecule has 1 aliphatic carbocycles. The maximum atomic E-state index is 11.4. The molecule has 2 atom stereocenters. The smallest absolute Gasteiger partial charge is 0.154 e. The summed E-state index contributed by atoms with van der Waals surface area (Å²) in [6, 6.07) is 2.22. The third-order valence-electron chi connectivity index (χ3n) is 3.61. The molecular formula is C10H15NO2S. The molecule has 1 saturated carbocycles. The van der Waals surface area contributed by atoms with Crippen molar-refractivity contribution in [1.29, 1.82) is 5.26 Å². The fourth-order valence-electron chi connectivity index (χ4n) is 2.66. The third kappa shape index (κ3) is 1.54. The molecule has 0 spiro atoms. The highest BCUT2D eigenvalue weighted by molar-refractivity contribution is 7.93. The molecule has 0 N–H and O–H groups in total. The van der Waals surface area contributed by atoms with Gasteiger partial charge < -0.3 is 0 Å². The molecule has 78 valence electrons. The summed E-state index contributed by atoms with van der Waals surface area (Å²) in [6.07, 6.45) is 5.12. The van der Waals surface area contributed by atoms with E-state index in [0.29, 0.717) is 18.1 Å². The molecule has 0 aromatic heterocycles. The lowest BCUT2D eigenvalue weighted by molar-refractivity contribution is 0.371. The standard InChI is InChI=1S/C10H15NO2S/c11-7-9(8-3-1-2-4-8)10-5-6-14(10,12)13/h8-10H,1-6H2. The molecule has 14 heavy (non-hydrogen) atoms. The van der Waals surface area contributed by atoms with Gasteiger partial charge in [-0.25, -0.2) is 8.42 Å². The van der Waals surface area contributed by atoms with Crippen molar-refractivity contribution in [2.45, 2.75) is 37.4 Å². The molecule has 0 radical (unpaired) electrons. The SMILES string of the molecule is N#CC(C1CCCC1)C1CCS1(=O)=O. The van der Waals surface area contributed by atoms with Gasteiger partial charge in [0.25, 0.3) is 0 Å². The van der Waals surface area contributed by atoms with Crippen molar-refractivity contribution in [3.63, 3.8) is 0 Å². The molecule has 2 rings (SSSR count). The largest absolute Gasteiger partial charge is 0.229 e. The van der Waals surface area contributed by atoms with Crippen LogP contribution >= 0.6 is 0 Å². The number of hydrogen-bond acceptors (Lipinski definition) is 3. The van der Waals surface area contributed by atoms with E-state index in [-0.39, 0.29) is 11.2 Å². The van der Waals surface area contributed by atoms with Crippen LogP contribution in [0.5, 0.6) is 0 Å². The zero-order valence-electron chi connectivity index (χ0n) is 8.15. The fourth-order valence-corrected chi connectivity index (χ4v) is 4.28. The zero-order chi connectivity index (χ0) is 10.2.